The van der Waals surface area contributed by atoms with E-state index in [9.17, 15) is 15.0 Å². The summed E-state index contributed by atoms with van der Waals surface area (Å²) in [6.07, 6.45) is 3.83. The van der Waals surface area contributed by atoms with E-state index in [1.807, 2.05) is 0 Å². The maximum absolute atomic E-state index is 11.7. The molecule has 164 valence electrons. The lowest BCUT2D eigenvalue weighted by Gasteiger charge is -2.26. The Balaban J connectivity index is 1.58. The number of nitrogens with two attached hydrogens (primary N) is 2. The lowest BCUT2D eigenvalue weighted by molar-refractivity contribution is -0.122. The summed E-state index contributed by atoms with van der Waals surface area (Å²) < 4.78 is 1.71. The second kappa shape index (κ2) is 8.32. The molecule has 2 fully saturated rings. The molecule has 4 atom stereocenters. The largest absolute Gasteiger partial charge is 0.388 e. The normalized spacial score (nSPS) is 31.7. The molecule has 0 saturated heterocycles. The Labute approximate surface area is 174 Å². The number of nitrogens with one attached hydrogen (secondary N) is 2. The average Bonchev–Trinajstić information content (AvgIpc) is 3.26. The first kappa shape index (κ1) is 20.8. The molecule has 2 aromatic heterocycles. The van der Waals surface area contributed by atoms with Crippen molar-refractivity contribution in [2.24, 2.45) is 5.73 Å². The number of hydrogen-bond acceptors (Lipinski definition) is 9. The van der Waals surface area contributed by atoms with Crippen molar-refractivity contribution in [3.63, 3.8) is 0 Å². The van der Waals surface area contributed by atoms with Crippen molar-refractivity contribution in [2.45, 2.75) is 81.8 Å². The minimum absolute atomic E-state index is 0.173. The number of carbonyl (C=O) groups is 1. The summed E-state index contributed by atoms with van der Waals surface area (Å²) in [5.41, 5.74) is 13.0. The molecule has 2 aliphatic carbocycles. The van der Waals surface area contributed by atoms with Crippen LogP contribution in [0.3, 0.4) is 0 Å². The first-order chi connectivity index (χ1) is 14.4. The van der Waals surface area contributed by atoms with Crippen molar-refractivity contribution in [3.8, 4) is 0 Å². The number of hydrogen-bond donors (Lipinski definition) is 6. The Kier molecular flexibility index (Phi) is 5.76. The lowest BCUT2D eigenvalue weighted by Crippen LogP contribution is -2.42. The minimum atomic E-state index is -1.08. The molecule has 2 aliphatic rings. The molecule has 30 heavy (non-hydrogen) atoms. The van der Waals surface area contributed by atoms with Gasteiger partial charge in [-0.15, -0.1) is 0 Å². The van der Waals surface area contributed by atoms with E-state index in [-0.39, 0.29) is 23.8 Å². The van der Waals surface area contributed by atoms with E-state index in [1.165, 1.54) is 0 Å². The van der Waals surface area contributed by atoms with E-state index in [0.29, 0.717) is 30.0 Å². The van der Waals surface area contributed by atoms with Crippen LogP contribution in [0.4, 0.5) is 11.8 Å². The molecule has 4 rings (SSSR count). The molecule has 11 heteroatoms. The van der Waals surface area contributed by atoms with Gasteiger partial charge < -0.3 is 36.9 Å². The van der Waals surface area contributed by atoms with Crippen LogP contribution in [0.25, 0.3) is 11.2 Å². The molecule has 2 heterocycles. The number of amides is 1. The van der Waals surface area contributed by atoms with Crippen molar-refractivity contribution in [1.29, 1.82) is 0 Å². The summed E-state index contributed by atoms with van der Waals surface area (Å²) in [7, 11) is 0. The van der Waals surface area contributed by atoms with Crippen LogP contribution in [0.5, 0.6) is 0 Å². The lowest BCUT2D eigenvalue weighted by atomic mass is 9.92. The van der Waals surface area contributed by atoms with Crippen LogP contribution in [0.15, 0.2) is 6.33 Å². The third-order valence-electron chi connectivity index (χ3n) is 6.23. The molecular formula is C19H30N8O3. The van der Waals surface area contributed by atoms with E-state index in [2.05, 4.69) is 25.6 Å². The second-order valence-corrected chi connectivity index (χ2v) is 8.32. The molecule has 0 aliphatic heterocycles. The number of nitrogen functional groups attached to an aromatic ring is 1. The summed E-state index contributed by atoms with van der Waals surface area (Å²) in [5, 5.41) is 27.1. The fraction of sp³-hybridized carbons (Fsp3) is 0.684. The van der Waals surface area contributed by atoms with E-state index in [0.717, 1.165) is 25.7 Å². The summed E-state index contributed by atoms with van der Waals surface area (Å²) >= 11 is 0. The SMILES string of the molecule is CCC(=O)N[C@H]1C[C@@H](n2cnc3c(N)nc(NC4CCC(N)CC4)nc32)[C@H](O)[C@@H]1O. The molecular weight excluding hydrogens is 388 g/mol. The molecule has 8 N–H and O–H groups in total. The number of fused-ring (bicyclic) bond motifs is 1. The quantitative estimate of drug-likeness (QED) is 0.379. The Hall–Kier alpha value is -2.50. The zero-order chi connectivity index (χ0) is 21.4. The molecule has 0 aromatic carbocycles. The summed E-state index contributed by atoms with van der Waals surface area (Å²) in [5.74, 6) is 0.483. The first-order valence-electron chi connectivity index (χ1n) is 10.5. The average molecular weight is 419 g/mol. The number of carbonyl (C=O) groups excluding carboxylic acids is 1. The number of imidazole rings is 1. The van der Waals surface area contributed by atoms with Gasteiger partial charge in [-0.05, 0) is 32.1 Å². The van der Waals surface area contributed by atoms with Gasteiger partial charge in [0.2, 0.25) is 11.9 Å². The van der Waals surface area contributed by atoms with Crippen molar-refractivity contribution < 1.29 is 15.0 Å². The number of aromatic nitrogens is 4. The third-order valence-corrected chi connectivity index (χ3v) is 6.23. The van der Waals surface area contributed by atoms with E-state index < -0.39 is 24.3 Å². The Morgan fingerprint density at radius 3 is 2.67 bits per heavy atom. The molecule has 0 spiro atoms. The van der Waals surface area contributed by atoms with Gasteiger partial charge in [0, 0.05) is 18.5 Å². The van der Waals surface area contributed by atoms with Gasteiger partial charge in [-0.25, -0.2) is 4.98 Å². The van der Waals surface area contributed by atoms with Crippen LogP contribution in [-0.2, 0) is 4.79 Å². The predicted molar refractivity (Wildman–Crippen MR) is 111 cm³/mol. The molecule has 11 nitrogen and oxygen atoms in total. The molecule has 2 aromatic rings. The molecule has 2 saturated carbocycles. The maximum Gasteiger partial charge on any atom is 0.226 e. The van der Waals surface area contributed by atoms with Crippen LogP contribution in [-0.4, -0.2) is 66.0 Å². The Morgan fingerprint density at radius 2 is 1.97 bits per heavy atom. The number of nitrogens with zero attached hydrogens (tertiary/aromatic N) is 4. The zero-order valence-electron chi connectivity index (χ0n) is 17.0. The molecule has 0 unspecified atom stereocenters. The van der Waals surface area contributed by atoms with Crippen molar-refractivity contribution in [2.75, 3.05) is 11.1 Å². The van der Waals surface area contributed by atoms with Crippen molar-refractivity contribution in [1.82, 2.24) is 24.8 Å². The molecule has 1 amide bonds. The van der Waals surface area contributed by atoms with Gasteiger partial charge in [0.15, 0.2) is 11.5 Å². The number of aliphatic hydroxyl groups excluding tert-OH is 2. The highest BCUT2D eigenvalue weighted by Gasteiger charge is 2.43. The number of rotatable bonds is 5. The minimum Gasteiger partial charge on any atom is -0.388 e. The molecule has 0 radical (unpaired) electrons. The first-order valence-corrected chi connectivity index (χ1v) is 10.5. The van der Waals surface area contributed by atoms with Crippen LogP contribution in [0.1, 0.15) is 51.5 Å². The predicted octanol–water partition coefficient (Wildman–Crippen LogP) is -0.348. The monoisotopic (exact) mass is 418 g/mol. The fourth-order valence-corrected chi connectivity index (χ4v) is 4.43. The number of anilines is 2. The highest BCUT2D eigenvalue weighted by molar-refractivity contribution is 5.83. The van der Waals surface area contributed by atoms with E-state index >= 15 is 0 Å². The second-order valence-electron chi connectivity index (χ2n) is 8.32. The smallest absolute Gasteiger partial charge is 0.226 e. The van der Waals surface area contributed by atoms with E-state index in [4.69, 9.17) is 11.5 Å². The van der Waals surface area contributed by atoms with Crippen LogP contribution in [0.2, 0.25) is 0 Å². The topological polar surface area (TPSA) is 177 Å². The fourth-order valence-electron chi connectivity index (χ4n) is 4.43. The van der Waals surface area contributed by atoms with Gasteiger partial charge in [0.1, 0.15) is 17.7 Å². The summed E-state index contributed by atoms with van der Waals surface area (Å²) in [6, 6.07) is -0.569. The van der Waals surface area contributed by atoms with Crippen LogP contribution in [0, 0.1) is 0 Å². The van der Waals surface area contributed by atoms with Crippen LogP contribution < -0.4 is 22.1 Å². The van der Waals surface area contributed by atoms with Gasteiger partial charge in [-0.1, -0.05) is 6.92 Å². The van der Waals surface area contributed by atoms with Gasteiger partial charge in [-0.3, -0.25) is 4.79 Å². The maximum atomic E-state index is 11.7. The van der Waals surface area contributed by atoms with Gasteiger partial charge >= 0.3 is 0 Å². The van der Waals surface area contributed by atoms with Crippen LogP contribution >= 0.6 is 0 Å². The number of aliphatic hydroxyl groups is 2. The van der Waals surface area contributed by atoms with Crippen molar-refractivity contribution in [3.05, 3.63) is 6.33 Å². The Bertz CT molecular complexity index is 911. The third kappa shape index (κ3) is 3.92. The zero-order valence-corrected chi connectivity index (χ0v) is 17.0. The summed E-state index contributed by atoms with van der Waals surface area (Å²) in [6.45, 7) is 1.74. The Morgan fingerprint density at radius 1 is 1.23 bits per heavy atom. The molecule has 0 bridgehead atoms. The van der Waals surface area contributed by atoms with Gasteiger partial charge in [0.05, 0.1) is 18.4 Å². The highest BCUT2D eigenvalue weighted by atomic mass is 16.3. The van der Waals surface area contributed by atoms with Gasteiger partial charge in [0.25, 0.3) is 0 Å². The van der Waals surface area contributed by atoms with E-state index in [1.54, 1.807) is 17.8 Å². The highest BCUT2D eigenvalue weighted by Crippen LogP contribution is 2.34. The van der Waals surface area contributed by atoms with Gasteiger partial charge in [-0.2, -0.15) is 9.97 Å². The van der Waals surface area contributed by atoms with Crippen molar-refractivity contribution >= 4 is 28.8 Å². The summed E-state index contributed by atoms with van der Waals surface area (Å²) in [4.78, 5) is 25.0. The standard InChI is InChI=1S/C19H30N8O3/c1-2-13(28)24-11-7-12(16(30)15(11)29)27-8-22-14-17(21)25-19(26-18(14)27)23-10-5-3-9(20)4-6-10/h8-12,15-16,29-30H,2-7,20H2,1H3,(H,24,28)(H3,21,23,25,26)/t9?,10?,11-,12+,15+,16-/m0/s1.